The lowest BCUT2D eigenvalue weighted by molar-refractivity contribution is -0.142. The van der Waals surface area contributed by atoms with E-state index in [-0.39, 0.29) is 33.6 Å². The summed E-state index contributed by atoms with van der Waals surface area (Å²) in [6.07, 6.45) is 0. The van der Waals surface area contributed by atoms with Crippen LogP contribution < -0.4 is 5.56 Å². The van der Waals surface area contributed by atoms with Crippen LogP contribution in [0.15, 0.2) is 27.5 Å². The highest BCUT2D eigenvalue weighted by atomic mass is 79.9. The van der Waals surface area contributed by atoms with Gasteiger partial charge < -0.3 is 19.6 Å². The second kappa shape index (κ2) is 7.52. The number of hydrogen-bond acceptors (Lipinski definition) is 6. The fraction of sp³-hybridized carbons (Fsp3) is 0.235. The highest BCUT2D eigenvalue weighted by Gasteiger charge is 2.20. The normalized spacial score (nSPS) is 10.4. The Bertz CT molecular complexity index is 903. The van der Waals surface area contributed by atoms with E-state index in [1.807, 2.05) is 0 Å². The molecule has 2 N–H and O–H groups in total. The van der Waals surface area contributed by atoms with E-state index >= 15 is 0 Å². The van der Waals surface area contributed by atoms with E-state index in [1.54, 1.807) is 19.1 Å². The molecule has 1 heterocycles. The molecule has 8 heteroatoms. The molecule has 1 aromatic carbocycles. The van der Waals surface area contributed by atoms with Crippen molar-refractivity contribution >= 4 is 27.9 Å². The number of aromatic nitrogens is 1. The highest BCUT2D eigenvalue weighted by Crippen LogP contribution is 2.37. The zero-order chi connectivity index (χ0) is 18.7. The first-order chi connectivity index (χ1) is 11.8. The number of rotatable bonds is 4. The zero-order valence-corrected chi connectivity index (χ0v) is 15.4. The van der Waals surface area contributed by atoms with E-state index in [2.05, 4.69) is 20.9 Å². The molecule has 0 radical (unpaired) electrons. The highest BCUT2D eigenvalue weighted by molar-refractivity contribution is 9.10. The lowest BCUT2D eigenvalue weighted by Crippen LogP contribution is -2.14. The molecule has 0 aliphatic carbocycles. The largest absolute Gasteiger partial charge is 0.506 e. The number of aromatic amines is 1. The van der Waals surface area contributed by atoms with Crippen molar-refractivity contribution in [1.82, 2.24) is 4.98 Å². The Kier molecular flexibility index (Phi) is 5.63. The third kappa shape index (κ3) is 3.90. The minimum absolute atomic E-state index is 0.0584. The Labute approximate surface area is 151 Å². The Balaban J connectivity index is 2.72. The lowest BCUT2D eigenvalue weighted by atomic mass is 9.96. The van der Waals surface area contributed by atoms with Gasteiger partial charge in [-0.3, -0.25) is 9.59 Å². The van der Waals surface area contributed by atoms with Gasteiger partial charge in [0.2, 0.25) is 0 Å². The van der Waals surface area contributed by atoms with Gasteiger partial charge in [0.05, 0.1) is 18.4 Å². The minimum atomic E-state index is -0.565. The number of carbonyl (C=O) groups is 2. The standard InChI is InChI=1S/C17H16BrNO6/c1-8-4-5-10(17(23)24-3)6-11(8)13-12(7-25-9(2)20)19-16(22)14(18)15(13)21/h4-6H,7H2,1-3H3,(H2,19,21,22). The smallest absolute Gasteiger partial charge is 0.337 e. The Morgan fingerprint density at radius 1 is 1.32 bits per heavy atom. The van der Waals surface area contributed by atoms with Crippen molar-refractivity contribution in [2.75, 3.05) is 7.11 Å². The van der Waals surface area contributed by atoms with E-state index in [0.717, 1.165) is 5.56 Å². The molecular weight excluding hydrogens is 394 g/mol. The van der Waals surface area contributed by atoms with Gasteiger partial charge in [0.15, 0.2) is 0 Å². The Morgan fingerprint density at radius 3 is 2.60 bits per heavy atom. The van der Waals surface area contributed by atoms with Crippen molar-refractivity contribution in [1.29, 1.82) is 0 Å². The molecule has 0 bridgehead atoms. The molecule has 0 spiro atoms. The summed E-state index contributed by atoms with van der Waals surface area (Å²) in [7, 11) is 1.27. The van der Waals surface area contributed by atoms with Gasteiger partial charge >= 0.3 is 11.9 Å². The first-order valence-corrected chi connectivity index (χ1v) is 8.01. The summed E-state index contributed by atoms with van der Waals surface area (Å²) in [5.74, 6) is -1.38. The average molecular weight is 410 g/mol. The SMILES string of the molecule is COC(=O)c1ccc(C)c(-c2c(COC(C)=O)[nH]c(=O)c(Br)c2O)c1. The number of hydrogen-bond donors (Lipinski definition) is 2. The maximum Gasteiger partial charge on any atom is 0.337 e. The number of esters is 2. The predicted molar refractivity (Wildman–Crippen MR) is 93.4 cm³/mol. The van der Waals surface area contributed by atoms with Crippen LogP contribution in [0, 0.1) is 6.92 Å². The van der Waals surface area contributed by atoms with Gasteiger partial charge in [-0.1, -0.05) is 6.07 Å². The van der Waals surface area contributed by atoms with E-state index in [0.29, 0.717) is 5.56 Å². The number of halogens is 1. The topological polar surface area (TPSA) is 106 Å². The number of ether oxygens (including phenoxy) is 2. The molecule has 0 saturated heterocycles. The van der Waals surface area contributed by atoms with Crippen molar-refractivity contribution in [3.8, 4) is 16.9 Å². The molecule has 0 aliphatic rings. The Hall–Kier alpha value is -2.61. The van der Waals surface area contributed by atoms with E-state index in [1.165, 1.54) is 20.1 Å². The number of aromatic hydroxyl groups is 1. The molecule has 0 saturated carbocycles. The summed E-state index contributed by atoms with van der Waals surface area (Å²) >= 11 is 3.03. The number of benzene rings is 1. The van der Waals surface area contributed by atoms with Gasteiger partial charge in [-0.25, -0.2) is 4.79 Å². The van der Waals surface area contributed by atoms with Crippen LogP contribution in [0.1, 0.15) is 28.5 Å². The lowest BCUT2D eigenvalue weighted by Gasteiger charge is -2.15. The number of methoxy groups -OCH3 is 1. The first kappa shape index (κ1) is 18.7. The van der Waals surface area contributed by atoms with Crippen molar-refractivity contribution in [2.24, 2.45) is 0 Å². The number of H-pyrrole nitrogens is 1. The molecule has 0 amide bonds. The van der Waals surface area contributed by atoms with Crippen LogP contribution in [-0.4, -0.2) is 29.1 Å². The zero-order valence-electron chi connectivity index (χ0n) is 13.8. The van der Waals surface area contributed by atoms with Crippen molar-refractivity contribution in [3.63, 3.8) is 0 Å². The molecule has 2 rings (SSSR count). The summed E-state index contributed by atoms with van der Waals surface area (Å²) in [6, 6.07) is 4.82. The molecule has 132 valence electrons. The van der Waals surface area contributed by atoms with Gasteiger partial charge in [-0.15, -0.1) is 0 Å². The van der Waals surface area contributed by atoms with Crippen LogP contribution in [0.5, 0.6) is 5.75 Å². The Morgan fingerprint density at radius 2 is 2.00 bits per heavy atom. The van der Waals surface area contributed by atoms with Crippen LogP contribution >= 0.6 is 15.9 Å². The molecule has 0 aliphatic heterocycles. The van der Waals surface area contributed by atoms with Crippen LogP contribution in [0.4, 0.5) is 0 Å². The summed E-state index contributed by atoms with van der Waals surface area (Å²) in [5, 5.41) is 10.5. The van der Waals surface area contributed by atoms with Crippen molar-refractivity contribution in [3.05, 3.63) is 49.8 Å². The second-order valence-corrected chi connectivity index (χ2v) is 6.06. The summed E-state index contributed by atoms with van der Waals surface area (Å²) < 4.78 is 9.60. The maximum absolute atomic E-state index is 11.9. The molecular formula is C17H16BrNO6. The van der Waals surface area contributed by atoms with E-state index in [4.69, 9.17) is 9.47 Å². The number of carbonyl (C=O) groups excluding carboxylic acids is 2. The van der Waals surface area contributed by atoms with E-state index < -0.39 is 17.5 Å². The molecule has 2 aromatic rings. The van der Waals surface area contributed by atoms with Gasteiger partial charge in [0, 0.05) is 12.5 Å². The fourth-order valence-electron chi connectivity index (χ4n) is 2.32. The number of nitrogens with one attached hydrogen (secondary N) is 1. The van der Waals surface area contributed by atoms with E-state index in [9.17, 15) is 19.5 Å². The molecule has 1 aromatic heterocycles. The maximum atomic E-state index is 11.9. The first-order valence-electron chi connectivity index (χ1n) is 7.22. The quantitative estimate of drug-likeness (QED) is 0.751. The summed E-state index contributed by atoms with van der Waals surface area (Å²) in [5.41, 5.74) is 1.43. The number of pyridine rings is 1. The molecule has 0 unspecified atom stereocenters. The second-order valence-electron chi connectivity index (χ2n) is 5.27. The van der Waals surface area contributed by atoms with Crippen molar-refractivity contribution < 1.29 is 24.2 Å². The van der Waals surface area contributed by atoms with Gasteiger partial charge in [-0.2, -0.15) is 0 Å². The van der Waals surface area contributed by atoms with Gasteiger partial charge in [-0.05, 0) is 46.1 Å². The molecule has 0 fully saturated rings. The monoisotopic (exact) mass is 409 g/mol. The van der Waals surface area contributed by atoms with Crippen LogP contribution in [0.25, 0.3) is 11.1 Å². The van der Waals surface area contributed by atoms with Crippen LogP contribution in [0.3, 0.4) is 0 Å². The molecule has 7 nitrogen and oxygen atoms in total. The summed E-state index contributed by atoms with van der Waals surface area (Å²) in [6.45, 7) is 2.78. The molecule has 0 atom stereocenters. The van der Waals surface area contributed by atoms with Crippen LogP contribution in [0.2, 0.25) is 0 Å². The van der Waals surface area contributed by atoms with Crippen LogP contribution in [-0.2, 0) is 20.9 Å². The van der Waals surface area contributed by atoms with Gasteiger partial charge in [0.1, 0.15) is 16.8 Å². The third-order valence-corrected chi connectivity index (χ3v) is 4.29. The van der Waals surface area contributed by atoms with Crippen molar-refractivity contribution in [2.45, 2.75) is 20.5 Å². The third-order valence-electron chi connectivity index (χ3n) is 3.56. The fourth-order valence-corrected chi connectivity index (χ4v) is 2.62. The van der Waals surface area contributed by atoms with Gasteiger partial charge in [0.25, 0.3) is 5.56 Å². The molecule has 25 heavy (non-hydrogen) atoms. The predicted octanol–water partition coefficient (Wildman–Crippen LogP) is 2.67. The average Bonchev–Trinajstić information content (AvgIpc) is 2.58. The summed E-state index contributed by atoms with van der Waals surface area (Å²) in [4.78, 5) is 37.4. The number of aryl methyl sites for hydroxylation is 1. The minimum Gasteiger partial charge on any atom is -0.506 e.